The van der Waals surface area contributed by atoms with Crippen molar-refractivity contribution in [3.8, 4) is 22.9 Å². The highest BCUT2D eigenvalue weighted by Crippen LogP contribution is 2.25. The van der Waals surface area contributed by atoms with Crippen LogP contribution in [0.5, 0.6) is 0 Å². The van der Waals surface area contributed by atoms with Crippen LogP contribution in [0, 0.1) is 5.82 Å². The van der Waals surface area contributed by atoms with E-state index in [0.717, 1.165) is 0 Å². The third-order valence-electron chi connectivity index (χ3n) is 4.90. The summed E-state index contributed by atoms with van der Waals surface area (Å²) in [7, 11) is 0. The smallest absolute Gasteiger partial charge is 0.273 e. The van der Waals surface area contributed by atoms with Crippen molar-refractivity contribution in [3.05, 3.63) is 101 Å². The zero-order valence-corrected chi connectivity index (χ0v) is 17.5. The second-order valence-corrected chi connectivity index (χ2v) is 7.20. The quantitative estimate of drug-likeness (QED) is 0.395. The molecule has 0 saturated carbocycles. The molecule has 0 spiro atoms. The van der Waals surface area contributed by atoms with E-state index >= 15 is 0 Å². The molecule has 4 heterocycles. The van der Waals surface area contributed by atoms with E-state index in [1.54, 1.807) is 35.0 Å². The Labute approximate surface area is 194 Å². The average Bonchev–Trinajstić information content (AvgIpc) is 3.51. The summed E-state index contributed by atoms with van der Waals surface area (Å²) in [4.78, 5) is 35.0. The van der Waals surface area contributed by atoms with Gasteiger partial charge in [0.05, 0.1) is 12.2 Å². The Morgan fingerprint density at radius 3 is 2.79 bits per heavy atom. The van der Waals surface area contributed by atoms with E-state index in [9.17, 15) is 14.0 Å². The molecule has 0 atom stereocenters. The van der Waals surface area contributed by atoms with Crippen LogP contribution in [0.2, 0.25) is 0 Å². The molecule has 34 heavy (non-hydrogen) atoms. The van der Waals surface area contributed by atoms with E-state index in [1.165, 1.54) is 42.8 Å². The fraction of sp³-hybridized carbons (Fsp3) is 0.0435. The molecule has 0 unspecified atom stereocenters. The van der Waals surface area contributed by atoms with Crippen molar-refractivity contribution in [1.29, 1.82) is 0 Å². The number of aromatic nitrogens is 6. The molecule has 0 bridgehead atoms. The second-order valence-electron chi connectivity index (χ2n) is 7.20. The summed E-state index contributed by atoms with van der Waals surface area (Å²) in [6.07, 6.45) is 2.90. The summed E-state index contributed by atoms with van der Waals surface area (Å²) < 4.78 is 20.8. The highest BCUT2D eigenvalue weighted by Gasteiger charge is 2.17. The normalized spacial score (nSPS) is 10.9. The Kier molecular flexibility index (Phi) is 5.48. The van der Waals surface area contributed by atoms with Gasteiger partial charge >= 0.3 is 0 Å². The molecule has 0 aliphatic heterocycles. The van der Waals surface area contributed by atoms with Crippen molar-refractivity contribution in [1.82, 2.24) is 29.9 Å². The Hall–Kier alpha value is -4.93. The van der Waals surface area contributed by atoms with Crippen LogP contribution in [0.25, 0.3) is 22.9 Å². The number of carbonyl (C=O) groups excluding carboxylic acids is 1. The molecule has 11 heteroatoms. The molecule has 10 nitrogen and oxygen atoms in total. The fourth-order valence-corrected chi connectivity index (χ4v) is 3.30. The highest BCUT2D eigenvalue weighted by atomic mass is 19.1. The van der Waals surface area contributed by atoms with Crippen molar-refractivity contribution >= 4 is 11.7 Å². The van der Waals surface area contributed by atoms with Gasteiger partial charge in [-0.3, -0.25) is 14.3 Å². The van der Waals surface area contributed by atoms with Crippen molar-refractivity contribution in [2.75, 3.05) is 5.32 Å². The van der Waals surface area contributed by atoms with Gasteiger partial charge in [-0.15, -0.1) is 0 Å². The molecule has 0 fully saturated rings. The second kappa shape index (κ2) is 8.90. The first-order chi connectivity index (χ1) is 16.6. The van der Waals surface area contributed by atoms with Crippen LogP contribution in [0.3, 0.4) is 0 Å². The lowest BCUT2D eigenvalue weighted by Gasteiger charge is -2.06. The average molecular weight is 461 g/mol. The predicted octanol–water partition coefficient (Wildman–Crippen LogP) is 3.62. The largest absolute Gasteiger partial charge is 0.364 e. The van der Waals surface area contributed by atoms with Gasteiger partial charge < -0.3 is 14.8 Å². The molecule has 172 valence electrons. The maximum Gasteiger partial charge on any atom is 0.273 e. The maximum absolute atomic E-state index is 14.3. The van der Waals surface area contributed by atoms with E-state index in [2.05, 4.69) is 30.5 Å². The molecule has 0 radical (unpaired) electrons. The third kappa shape index (κ3) is 4.35. The minimum atomic E-state index is -0.532. The van der Waals surface area contributed by atoms with E-state index in [4.69, 9.17) is 4.52 Å². The molecule has 0 aliphatic rings. The summed E-state index contributed by atoms with van der Waals surface area (Å²) in [5.74, 6) is -0.441. The van der Waals surface area contributed by atoms with Gasteiger partial charge in [0.15, 0.2) is 5.82 Å². The number of anilines is 1. The first kappa shape index (κ1) is 20.9. The lowest BCUT2D eigenvalue weighted by molar-refractivity contribution is 0.102. The van der Waals surface area contributed by atoms with Gasteiger partial charge in [-0.25, -0.2) is 14.4 Å². The number of hydrogen-bond donors (Lipinski definition) is 2. The first-order valence-corrected chi connectivity index (χ1v) is 10.1. The summed E-state index contributed by atoms with van der Waals surface area (Å²) in [5, 5.41) is 11.1. The highest BCUT2D eigenvalue weighted by molar-refractivity contribution is 6.02. The number of rotatable bonds is 6. The van der Waals surface area contributed by atoms with Crippen LogP contribution in [0.4, 0.5) is 10.2 Å². The van der Waals surface area contributed by atoms with Crippen LogP contribution < -0.4 is 10.9 Å². The van der Waals surface area contributed by atoms with Gasteiger partial charge in [0.2, 0.25) is 5.56 Å². The number of amides is 1. The minimum absolute atomic E-state index is 0. The fourth-order valence-electron chi connectivity index (χ4n) is 3.30. The Balaban J connectivity index is 0.00000180. The zero-order valence-electron chi connectivity index (χ0n) is 17.5. The molecule has 4 aromatic heterocycles. The van der Waals surface area contributed by atoms with E-state index in [-0.39, 0.29) is 32.6 Å². The van der Waals surface area contributed by atoms with E-state index in [1.807, 2.05) is 0 Å². The van der Waals surface area contributed by atoms with Crippen molar-refractivity contribution in [2.24, 2.45) is 0 Å². The van der Waals surface area contributed by atoms with Crippen LogP contribution in [-0.4, -0.2) is 35.8 Å². The van der Waals surface area contributed by atoms with Crippen LogP contribution >= 0.6 is 0 Å². The molecule has 0 saturated heterocycles. The number of hydrogen-bond acceptors (Lipinski definition) is 7. The van der Waals surface area contributed by atoms with Gasteiger partial charge in [0, 0.05) is 26.7 Å². The minimum Gasteiger partial charge on any atom is -0.364 e. The number of nitrogens with zero attached hydrogens (tertiary/aromatic N) is 5. The number of nitrogens with one attached hydrogen (secondary N) is 2. The maximum atomic E-state index is 14.3. The standard InChI is InChI=1S/C23H16FN7O3.2H2/c24-15-5-2-1-4-14(15)13-31-19(16-9-11-34-30-16)12-18(29-31)22-25-10-8-20(27-22)28-23(33)17-6-3-7-21(32)26-17;;/h1-12H,13H2,(H,26,32)(H,25,27,28,33);2*1H. The van der Waals surface area contributed by atoms with Crippen molar-refractivity contribution in [3.63, 3.8) is 0 Å². The van der Waals surface area contributed by atoms with Crippen molar-refractivity contribution < 1.29 is 16.6 Å². The molecule has 0 aliphatic carbocycles. The zero-order chi connectivity index (χ0) is 23.5. The van der Waals surface area contributed by atoms with Gasteiger partial charge in [0.1, 0.15) is 35.0 Å². The number of carbonyl (C=O) groups is 1. The molecule has 2 N–H and O–H groups in total. The molecular weight excluding hydrogens is 441 g/mol. The molecule has 5 rings (SSSR count). The summed E-state index contributed by atoms with van der Waals surface area (Å²) in [6, 6.07) is 15.6. The van der Waals surface area contributed by atoms with E-state index < -0.39 is 11.5 Å². The first-order valence-electron chi connectivity index (χ1n) is 10.1. The summed E-state index contributed by atoms with van der Waals surface area (Å²) >= 11 is 0. The summed E-state index contributed by atoms with van der Waals surface area (Å²) in [6.45, 7) is 0.145. The van der Waals surface area contributed by atoms with Gasteiger partial charge in [-0.05, 0) is 24.3 Å². The van der Waals surface area contributed by atoms with Crippen LogP contribution in [0.15, 0.2) is 82.4 Å². The van der Waals surface area contributed by atoms with Crippen LogP contribution in [0.1, 0.15) is 18.9 Å². The Morgan fingerprint density at radius 1 is 1.12 bits per heavy atom. The Morgan fingerprint density at radius 2 is 2.00 bits per heavy atom. The number of benzene rings is 1. The SMILES string of the molecule is O=C(Nc1ccnc(-c2cc(-c3ccon3)n(Cc3ccccc3F)n2)n1)c1cccc(=O)[nH]1.[HH].[HH]. The Bertz CT molecular complexity index is 1540. The van der Waals surface area contributed by atoms with Gasteiger partial charge in [-0.2, -0.15) is 5.10 Å². The monoisotopic (exact) mass is 461 g/mol. The lowest BCUT2D eigenvalue weighted by atomic mass is 10.2. The number of aromatic amines is 1. The number of H-pyrrole nitrogens is 1. The predicted molar refractivity (Wildman–Crippen MR) is 123 cm³/mol. The van der Waals surface area contributed by atoms with Crippen LogP contribution in [-0.2, 0) is 6.54 Å². The molecule has 5 aromatic rings. The molecule has 1 amide bonds. The topological polar surface area (TPSA) is 132 Å². The number of pyridine rings is 1. The van der Waals surface area contributed by atoms with Gasteiger partial charge in [0.25, 0.3) is 5.91 Å². The molecular formula is C23H20FN7O3. The third-order valence-corrected chi connectivity index (χ3v) is 4.90. The van der Waals surface area contributed by atoms with E-state index in [0.29, 0.717) is 22.6 Å². The summed E-state index contributed by atoms with van der Waals surface area (Å²) in [5.41, 5.74) is 1.62. The van der Waals surface area contributed by atoms with Gasteiger partial charge in [-0.1, -0.05) is 29.4 Å². The molecule has 1 aromatic carbocycles. The number of halogens is 1. The lowest BCUT2D eigenvalue weighted by Crippen LogP contribution is -2.18. The van der Waals surface area contributed by atoms with Crippen molar-refractivity contribution in [2.45, 2.75) is 6.54 Å².